The fourth-order valence-electron chi connectivity index (χ4n) is 3.38. The Morgan fingerprint density at radius 3 is 2.31 bits per heavy atom. The molecule has 16 heavy (non-hydrogen) atoms. The van der Waals surface area contributed by atoms with E-state index in [0.29, 0.717) is 5.92 Å². The van der Waals surface area contributed by atoms with Crippen LogP contribution in [-0.4, -0.2) is 19.1 Å². The van der Waals surface area contributed by atoms with Crippen LogP contribution in [0.3, 0.4) is 0 Å². The summed E-state index contributed by atoms with van der Waals surface area (Å²) >= 11 is 0. The topological polar surface area (TPSA) is 52.3 Å². The molecule has 2 saturated carbocycles. The summed E-state index contributed by atoms with van der Waals surface area (Å²) in [6.07, 6.45) is 9.24. The molecule has 3 nitrogen and oxygen atoms in total. The minimum atomic E-state index is -0.337. The van der Waals surface area contributed by atoms with Crippen LogP contribution in [0.15, 0.2) is 0 Å². The quantitative estimate of drug-likeness (QED) is 0.749. The van der Waals surface area contributed by atoms with E-state index in [1.807, 2.05) is 0 Å². The zero-order valence-corrected chi connectivity index (χ0v) is 10.2. The summed E-state index contributed by atoms with van der Waals surface area (Å²) in [4.78, 5) is 11.9. The predicted molar refractivity (Wildman–Crippen MR) is 62.9 cm³/mol. The third-order valence-electron chi connectivity index (χ3n) is 4.63. The third-order valence-corrected chi connectivity index (χ3v) is 4.63. The van der Waals surface area contributed by atoms with Gasteiger partial charge in [-0.1, -0.05) is 25.7 Å². The molecular weight excluding hydrogens is 202 g/mol. The summed E-state index contributed by atoms with van der Waals surface area (Å²) in [6.45, 7) is 0. The van der Waals surface area contributed by atoms with E-state index in [-0.39, 0.29) is 17.4 Å². The molecule has 2 aliphatic rings. The molecule has 0 heterocycles. The van der Waals surface area contributed by atoms with Crippen LogP contribution >= 0.6 is 0 Å². The van der Waals surface area contributed by atoms with Gasteiger partial charge in [-0.2, -0.15) is 0 Å². The lowest BCUT2D eigenvalue weighted by Crippen LogP contribution is -2.56. The summed E-state index contributed by atoms with van der Waals surface area (Å²) in [6, 6.07) is 0.0222. The van der Waals surface area contributed by atoms with Crippen LogP contribution in [0.25, 0.3) is 0 Å². The normalized spacial score (nSPS) is 26.9. The van der Waals surface area contributed by atoms with Gasteiger partial charge >= 0.3 is 5.97 Å². The number of ether oxygens (including phenoxy) is 1. The minimum Gasteiger partial charge on any atom is -0.469 e. The van der Waals surface area contributed by atoms with Crippen molar-refractivity contribution in [3.63, 3.8) is 0 Å². The van der Waals surface area contributed by atoms with Crippen LogP contribution in [0, 0.1) is 11.3 Å². The number of carbonyl (C=O) groups excluding carboxylic acids is 1. The summed E-state index contributed by atoms with van der Waals surface area (Å²) in [5.41, 5.74) is 6.03. The summed E-state index contributed by atoms with van der Waals surface area (Å²) in [5, 5.41) is 0. The number of carbonyl (C=O) groups is 1. The maximum atomic E-state index is 11.9. The fourth-order valence-corrected chi connectivity index (χ4v) is 3.38. The first-order valence-electron chi connectivity index (χ1n) is 6.55. The molecule has 0 aromatic carbocycles. The first-order chi connectivity index (χ1) is 7.70. The van der Waals surface area contributed by atoms with Crippen LogP contribution in [0.2, 0.25) is 0 Å². The molecule has 0 amide bonds. The zero-order chi connectivity index (χ0) is 11.6. The summed E-state index contributed by atoms with van der Waals surface area (Å²) < 4.78 is 4.95. The van der Waals surface area contributed by atoms with Crippen molar-refractivity contribution in [2.75, 3.05) is 7.11 Å². The van der Waals surface area contributed by atoms with Gasteiger partial charge in [0.2, 0.25) is 0 Å². The van der Waals surface area contributed by atoms with E-state index < -0.39 is 0 Å². The van der Waals surface area contributed by atoms with E-state index in [2.05, 4.69) is 0 Å². The van der Waals surface area contributed by atoms with Gasteiger partial charge in [-0.15, -0.1) is 0 Å². The van der Waals surface area contributed by atoms with E-state index in [1.54, 1.807) is 0 Å². The molecule has 3 heteroatoms. The predicted octanol–water partition coefficient (Wildman–Crippen LogP) is 2.24. The van der Waals surface area contributed by atoms with Crippen LogP contribution < -0.4 is 5.73 Å². The van der Waals surface area contributed by atoms with Crippen LogP contribution in [0.1, 0.15) is 51.4 Å². The number of hydrogen-bond acceptors (Lipinski definition) is 3. The summed E-state index contributed by atoms with van der Waals surface area (Å²) in [5.74, 6) is 0.463. The Labute approximate surface area is 97.7 Å². The molecule has 0 bridgehead atoms. The molecule has 92 valence electrons. The second kappa shape index (κ2) is 4.74. The molecule has 1 atom stereocenters. The highest BCUT2D eigenvalue weighted by Crippen LogP contribution is 2.48. The second-order valence-electron chi connectivity index (χ2n) is 5.43. The third kappa shape index (κ3) is 1.86. The minimum absolute atomic E-state index is 0.0222. The maximum absolute atomic E-state index is 11.9. The second-order valence-corrected chi connectivity index (χ2v) is 5.43. The SMILES string of the molecule is COC(=O)C1(C(N)C2CCCCC2)CCC1. The van der Waals surface area contributed by atoms with Crippen molar-refractivity contribution in [2.45, 2.75) is 57.4 Å². The number of rotatable bonds is 3. The number of methoxy groups -OCH3 is 1. The van der Waals surface area contributed by atoms with Crippen molar-refractivity contribution < 1.29 is 9.53 Å². The number of nitrogens with two attached hydrogens (primary N) is 1. The maximum Gasteiger partial charge on any atom is 0.313 e. The Hall–Kier alpha value is -0.570. The van der Waals surface area contributed by atoms with Crippen LogP contribution in [0.5, 0.6) is 0 Å². The first kappa shape index (κ1) is 11.9. The molecule has 2 fully saturated rings. The average Bonchev–Trinajstić information content (AvgIpc) is 2.28. The lowest BCUT2D eigenvalue weighted by atomic mass is 9.59. The van der Waals surface area contributed by atoms with Crippen molar-refractivity contribution in [3.8, 4) is 0 Å². The van der Waals surface area contributed by atoms with E-state index in [4.69, 9.17) is 10.5 Å². The summed E-state index contributed by atoms with van der Waals surface area (Å²) in [7, 11) is 1.48. The highest BCUT2D eigenvalue weighted by atomic mass is 16.5. The van der Waals surface area contributed by atoms with Crippen molar-refractivity contribution in [3.05, 3.63) is 0 Å². The molecule has 0 aliphatic heterocycles. The van der Waals surface area contributed by atoms with E-state index in [9.17, 15) is 4.79 Å². The Kier molecular flexibility index (Phi) is 3.53. The van der Waals surface area contributed by atoms with E-state index >= 15 is 0 Å². The standard InChI is InChI=1S/C13H23NO2/c1-16-12(15)13(8-5-9-13)11(14)10-6-3-2-4-7-10/h10-11H,2-9,14H2,1H3. The first-order valence-corrected chi connectivity index (χ1v) is 6.55. The van der Waals surface area contributed by atoms with Gasteiger partial charge in [0, 0.05) is 6.04 Å². The number of hydrogen-bond donors (Lipinski definition) is 1. The Morgan fingerprint density at radius 2 is 1.88 bits per heavy atom. The van der Waals surface area contributed by atoms with E-state index in [1.165, 1.54) is 39.2 Å². The van der Waals surface area contributed by atoms with Crippen LogP contribution in [0.4, 0.5) is 0 Å². The molecule has 2 rings (SSSR count). The molecule has 0 saturated heterocycles. The Morgan fingerprint density at radius 1 is 1.25 bits per heavy atom. The molecule has 0 spiro atoms. The van der Waals surface area contributed by atoms with Gasteiger partial charge in [0.05, 0.1) is 12.5 Å². The molecule has 0 aromatic heterocycles. The van der Waals surface area contributed by atoms with Gasteiger partial charge in [0.25, 0.3) is 0 Å². The zero-order valence-electron chi connectivity index (χ0n) is 10.2. The highest BCUT2D eigenvalue weighted by Gasteiger charge is 2.52. The van der Waals surface area contributed by atoms with Gasteiger partial charge in [-0.05, 0) is 31.6 Å². The lowest BCUT2D eigenvalue weighted by Gasteiger charge is -2.47. The van der Waals surface area contributed by atoms with Gasteiger partial charge in [0.1, 0.15) is 0 Å². The van der Waals surface area contributed by atoms with Gasteiger partial charge < -0.3 is 10.5 Å². The average molecular weight is 225 g/mol. The monoisotopic (exact) mass is 225 g/mol. The molecule has 0 radical (unpaired) electrons. The van der Waals surface area contributed by atoms with Crippen molar-refractivity contribution >= 4 is 5.97 Å². The molecular formula is C13H23NO2. The Bertz CT molecular complexity index is 255. The lowest BCUT2D eigenvalue weighted by molar-refractivity contribution is -0.162. The van der Waals surface area contributed by atoms with E-state index in [0.717, 1.165) is 19.3 Å². The molecule has 0 aromatic rings. The fraction of sp³-hybridized carbons (Fsp3) is 0.923. The van der Waals surface area contributed by atoms with Crippen molar-refractivity contribution in [1.29, 1.82) is 0 Å². The molecule has 1 unspecified atom stereocenters. The highest BCUT2D eigenvalue weighted by molar-refractivity contribution is 5.78. The van der Waals surface area contributed by atoms with Gasteiger partial charge in [0.15, 0.2) is 0 Å². The molecule has 2 aliphatic carbocycles. The van der Waals surface area contributed by atoms with Crippen molar-refractivity contribution in [2.24, 2.45) is 17.1 Å². The smallest absolute Gasteiger partial charge is 0.313 e. The van der Waals surface area contributed by atoms with Crippen molar-refractivity contribution in [1.82, 2.24) is 0 Å². The molecule has 2 N–H and O–H groups in total. The largest absolute Gasteiger partial charge is 0.469 e. The van der Waals surface area contributed by atoms with Gasteiger partial charge in [-0.25, -0.2) is 0 Å². The Balaban J connectivity index is 2.05. The number of esters is 1. The van der Waals surface area contributed by atoms with Gasteiger partial charge in [-0.3, -0.25) is 4.79 Å². The van der Waals surface area contributed by atoms with Crippen LogP contribution in [-0.2, 0) is 9.53 Å².